The summed E-state index contributed by atoms with van der Waals surface area (Å²) in [5.41, 5.74) is 11.9. The lowest BCUT2D eigenvalue weighted by molar-refractivity contribution is 0.596. The predicted molar refractivity (Wildman–Crippen MR) is 72.2 cm³/mol. The Hall–Kier alpha value is -1.72. The van der Waals surface area contributed by atoms with Crippen LogP contribution in [0.3, 0.4) is 0 Å². The van der Waals surface area contributed by atoms with Crippen molar-refractivity contribution in [1.29, 1.82) is 0 Å². The number of nitrogen functional groups attached to an aromatic ring is 2. The molecule has 0 aliphatic carbocycles. The van der Waals surface area contributed by atoms with Crippen molar-refractivity contribution in [2.75, 3.05) is 11.5 Å². The first-order valence-electron chi connectivity index (χ1n) is 5.07. The summed E-state index contributed by atoms with van der Waals surface area (Å²) in [6.07, 6.45) is 0. The Bertz CT molecular complexity index is 682. The van der Waals surface area contributed by atoms with Gasteiger partial charge < -0.3 is 11.5 Å². The summed E-state index contributed by atoms with van der Waals surface area (Å²) >= 11 is 5.80. The van der Waals surface area contributed by atoms with E-state index in [1.165, 1.54) is 36.4 Å². The number of hydrogen-bond acceptors (Lipinski definition) is 4. The van der Waals surface area contributed by atoms with Crippen molar-refractivity contribution in [3.63, 3.8) is 0 Å². The molecule has 0 aromatic heterocycles. The molecule has 2 rings (SSSR count). The average Bonchev–Trinajstić information content (AvgIpc) is 2.32. The molecule has 4 N–H and O–H groups in total. The summed E-state index contributed by atoms with van der Waals surface area (Å²) in [4.78, 5) is 0.130. The topological polar surface area (TPSA) is 86.2 Å². The fourth-order valence-corrected chi connectivity index (χ4v) is 3.16. The lowest BCUT2D eigenvalue weighted by Gasteiger charge is -2.08. The van der Waals surface area contributed by atoms with Crippen molar-refractivity contribution in [1.82, 2.24) is 0 Å². The number of rotatable bonds is 2. The van der Waals surface area contributed by atoms with Crippen LogP contribution in [0.2, 0.25) is 5.02 Å². The molecular weight excluding hydrogens is 272 g/mol. The largest absolute Gasteiger partial charge is 0.399 e. The van der Waals surface area contributed by atoms with Crippen molar-refractivity contribution in [2.24, 2.45) is 0 Å². The lowest BCUT2D eigenvalue weighted by Crippen LogP contribution is -2.05. The van der Waals surface area contributed by atoms with Gasteiger partial charge in [-0.2, -0.15) is 0 Å². The Morgan fingerprint density at radius 2 is 1.56 bits per heavy atom. The normalized spacial score (nSPS) is 11.4. The van der Waals surface area contributed by atoms with Crippen molar-refractivity contribution in [2.45, 2.75) is 9.79 Å². The van der Waals surface area contributed by atoms with E-state index in [9.17, 15) is 8.42 Å². The fourth-order valence-electron chi connectivity index (χ4n) is 1.51. The Labute approximate surface area is 110 Å². The molecule has 0 bridgehead atoms. The second-order valence-corrected chi connectivity index (χ2v) is 6.11. The fraction of sp³-hybridized carbons (Fsp3) is 0. The van der Waals surface area contributed by atoms with Crippen LogP contribution in [0.5, 0.6) is 0 Å². The van der Waals surface area contributed by atoms with Gasteiger partial charge in [-0.1, -0.05) is 11.6 Å². The summed E-state index contributed by atoms with van der Waals surface area (Å²) in [6.45, 7) is 0. The van der Waals surface area contributed by atoms with E-state index in [-0.39, 0.29) is 15.5 Å². The molecule has 4 nitrogen and oxygen atoms in total. The smallest absolute Gasteiger partial charge is 0.208 e. The number of sulfone groups is 1. The van der Waals surface area contributed by atoms with E-state index >= 15 is 0 Å². The lowest BCUT2D eigenvalue weighted by atomic mass is 10.3. The zero-order valence-corrected chi connectivity index (χ0v) is 10.9. The van der Waals surface area contributed by atoms with Gasteiger partial charge in [0, 0.05) is 10.7 Å². The number of benzene rings is 2. The zero-order chi connectivity index (χ0) is 13.3. The minimum Gasteiger partial charge on any atom is -0.399 e. The van der Waals surface area contributed by atoms with Gasteiger partial charge in [-0.05, 0) is 42.5 Å². The molecule has 0 radical (unpaired) electrons. The Balaban J connectivity index is 2.61. The van der Waals surface area contributed by atoms with Crippen LogP contribution in [-0.2, 0) is 9.84 Å². The summed E-state index contributed by atoms with van der Waals surface area (Å²) in [5, 5.41) is 0.318. The third-order valence-electron chi connectivity index (χ3n) is 2.46. The number of nitrogens with two attached hydrogens (primary N) is 2. The monoisotopic (exact) mass is 282 g/mol. The van der Waals surface area contributed by atoms with Crippen molar-refractivity contribution in [3.05, 3.63) is 47.5 Å². The molecule has 2 aromatic carbocycles. The first kappa shape index (κ1) is 12.7. The van der Waals surface area contributed by atoms with Crippen LogP contribution >= 0.6 is 11.6 Å². The van der Waals surface area contributed by atoms with Crippen LogP contribution in [0.4, 0.5) is 11.4 Å². The number of hydrogen-bond donors (Lipinski definition) is 2. The van der Waals surface area contributed by atoms with Gasteiger partial charge in [-0.15, -0.1) is 0 Å². The Morgan fingerprint density at radius 3 is 2.17 bits per heavy atom. The molecule has 0 saturated carbocycles. The quantitative estimate of drug-likeness (QED) is 0.828. The molecule has 0 aliphatic heterocycles. The average molecular weight is 283 g/mol. The third kappa shape index (κ3) is 2.27. The van der Waals surface area contributed by atoms with E-state index < -0.39 is 9.84 Å². The minimum absolute atomic E-state index is 0.000212. The molecule has 0 heterocycles. The maximum absolute atomic E-state index is 12.3. The molecule has 0 saturated heterocycles. The highest BCUT2D eigenvalue weighted by molar-refractivity contribution is 7.91. The minimum atomic E-state index is -3.67. The molecule has 0 unspecified atom stereocenters. The van der Waals surface area contributed by atoms with Crippen LogP contribution in [0.25, 0.3) is 0 Å². The molecule has 6 heteroatoms. The van der Waals surface area contributed by atoms with Crippen molar-refractivity contribution in [3.8, 4) is 0 Å². The van der Waals surface area contributed by atoms with Crippen molar-refractivity contribution < 1.29 is 8.42 Å². The molecule has 2 aromatic rings. The number of halogens is 1. The predicted octanol–water partition coefficient (Wildman–Crippen LogP) is 2.34. The first-order chi connectivity index (χ1) is 8.41. The van der Waals surface area contributed by atoms with Crippen molar-refractivity contribution >= 4 is 32.8 Å². The molecule has 94 valence electrons. The molecule has 18 heavy (non-hydrogen) atoms. The summed E-state index contributed by atoms with van der Waals surface area (Å²) < 4.78 is 24.7. The summed E-state index contributed by atoms with van der Waals surface area (Å²) in [7, 11) is -3.67. The zero-order valence-electron chi connectivity index (χ0n) is 9.30. The van der Waals surface area contributed by atoms with Gasteiger partial charge in [0.15, 0.2) is 0 Å². The van der Waals surface area contributed by atoms with E-state index in [1.807, 2.05) is 0 Å². The van der Waals surface area contributed by atoms with Gasteiger partial charge in [0.1, 0.15) is 0 Å². The number of anilines is 2. The van der Waals surface area contributed by atoms with Gasteiger partial charge in [-0.25, -0.2) is 8.42 Å². The van der Waals surface area contributed by atoms with Gasteiger partial charge in [-0.3, -0.25) is 0 Å². The second kappa shape index (κ2) is 4.51. The van der Waals surface area contributed by atoms with Gasteiger partial charge in [0.25, 0.3) is 0 Å². The van der Waals surface area contributed by atoms with Crippen LogP contribution < -0.4 is 11.5 Å². The molecule has 0 fully saturated rings. The molecular formula is C12H11ClN2O2S. The summed E-state index contributed by atoms with van der Waals surface area (Å²) in [6, 6.07) is 10.3. The Kier molecular flexibility index (Phi) is 3.19. The molecule has 0 amide bonds. The maximum atomic E-state index is 12.3. The van der Waals surface area contributed by atoms with Gasteiger partial charge in [0.05, 0.1) is 15.5 Å². The SMILES string of the molecule is Nc1ccc(S(=O)(=O)c2cc(Cl)ccc2N)cc1. The first-order valence-corrected chi connectivity index (χ1v) is 6.93. The van der Waals surface area contributed by atoms with E-state index in [0.29, 0.717) is 10.7 Å². The third-order valence-corrected chi connectivity index (χ3v) is 4.52. The standard InChI is InChI=1S/C12H11ClN2O2S/c13-8-1-6-11(15)12(7-8)18(16,17)10-4-2-9(14)3-5-10/h1-7H,14-15H2. The van der Waals surface area contributed by atoms with Gasteiger partial charge >= 0.3 is 0 Å². The molecule has 0 atom stereocenters. The molecule has 0 spiro atoms. The molecule has 0 aliphatic rings. The highest BCUT2D eigenvalue weighted by atomic mass is 35.5. The van der Waals surface area contributed by atoms with E-state index in [2.05, 4.69) is 0 Å². The maximum Gasteiger partial charge on any atom is 0.208 e. The van der Waals surface area contributed by atoms with Crippen LogP contribution in [0, 0.1) is 0 Å². The van der Waals surface area contributed by atoms with Crippen LogP contribution in [0.15, 0.2) is 52.3 Å². The van der Waals surface area contributed by atoms with Crippen LogP contribution in [-0.4, -0.2) is 8.42 Å². The Morgan fingerprint density at radius 1 is 0.944 bits per heavy atom. The summed E-state index contributed by atoms with van der Waals surface area (Å²) in [5.74, 6) is 0. The van der Waals surface area contributed by atoms with Crippen LogP contribution in [0.1, 0.15) is 0 Å². The van der Waals surface area contributed by atoms with E-state index in [1.54, 1.807) is 6.07 Å². The second-order valence-electron chi connectivity index (χ2n) is 3.75. The van der Waals surface area contributed by atoms with Gasteiger partial charge in [0.2, 0.25) is 9.84 Å². The van der Waals surface area contributed by atoms with E-state index in [0.717, 1.165) is 0 Å². The highest BCUT2D eigenvalue weighted by Crippen LogP contribution is 2.28. The van der Waals surface area contributed by atoms with E-state index in [4.69, 9.17) is 23.1 Å². The highest BCUT2D eigenvalue weighted by Gasteiger charge is 2.20.